The summed E-state index contributed by atoms with van der Waals surface area (Å²) in [5, 5.41) is 10.3. The molecule has 3 N–H and O–H groups in total. The first-order valence-corrected chi connectivity index (χ1v) is 9.10. The van der Waals surface area contributed by atoms with Crippen LogP contribution in [-0.4, -0.2) is 38.2 Å². The predicted molar refractivity (Wildman–Crippen MR) is 98.5 cm³/mol. The quantitative estimate of drug-likeness (QED) is 0.531. The van der Waals surface area contributed by atoms with Crippen molar-refractivity contribution >= 4 is 17.6 Å². The van der Waals surface area contributed by atoms with E-state index < -0.39 is 35.2 Å². The number of aliphatic hydroxyl groups is 1. The number of nitrogens with zero attached hydrogens (tertiary/aromatic N) is 2. The minimum Gasteiger partial charge on any atom is -0.455 e. The molecule has 0 atom stereocenters. The number of Topliss-reactive ketones (excluding diaryl/α,β-unsaturated/α-hetero) is 1. The maximum atomic E-state index is 12.5. The van der Waals surface area contributed by atoms with E-state index in [0.29, 0.717) is 12.8 Å². The third kappa shape index (κ3) is 4.29. The van der Waals surface area contributed by atoms with Crippen LogP contribution in [0.3, 0.4) is 0 Å². The van der Waals surface area contributed by atoms with Crippen molar-refractivity contribution in [3.63, 3.8) is 0 Å². The van der Waals surface area contributed by atoms with E-state index in [-0.39, 0.29) is 36.7 Å². The fourth-order valence-corrected chi connectivity index (χ4v) is 3.27. The van der Waals surface area contributed by atoms with Crippen LogP contribution in [0, 0.1) is 5.92 Å². The van der Waals surface area contributed by atoms with Gasteiger partial charge in [0.2, 0.25) is 5.78 Å². The van der Waals surface area contributed by atoms with Crippen LogP contribution >= 0.6 is 0 Å². The van der Waals surface area contributed by atoms with Gasteiger partial charge < -0.3 is 15.6 Å². The third-order valence-corrected chi connectivity index (χ3v) is 4.80. The molecule has 1 aliphatic rings. The second kappa shape index (κ2) is 8.08. The summed E-state index contributed by atoms with van der Waals surface area (Å²) >= 11 is 0. The van der Waals surface area contributed by atoms with E-state index in [4.69, 9.17) is 10.5 Å². The molecule has 1 heterocycles. The summed E-state index contributed by atoms with van der Waals surface area (Å²) in [6.07, 6.45) is 2.89. The van der Waals surface area contributed by atoms with Gasteiger partial charge in [-0.05, 0) is 31.6 Å². The molecule has 1 aliphatic carbocycles. The molecular weight excluding hydrogens is 354 g/mol. The first kappa shape index (κ1) is 20.9. The number of aromatic nitrogens is 2. The Morgan fingerprint density at radius 2 is 1.81 bits per heavy atom. The lowest BCUT2D eigenvalue weighted by Crippen LogP contribution is -2.45. The average molecular weight is 381 g/mol. The number of carbonyl (C=O) groups excluding carboxylic acids is 2. The van der Waals surface area contributed by atoms with Crippen LogP contribution < -0.4 is 17.0 Å². The van der Waals surface area contributed by atoms with Gasteiger partial charge >= 0.3 is 11.7 Å². The van der Waals surface area contributed by atoms with E-state index in [2.05, 4.69) is 0 Å². The minimum atomic E-state index is -1.59. The van der Waals surface area contributed by atoms with Crippen LogP contribution in [0.15, 0.2) is 9.59 Å². The first-order chi connectivity index (χ1) is 12.6. The number of nitrogens with two attached hydrogens (primary N) is 1. The van der Waals surface area contributed by atoms with Crippen molar-refractivity contribution in [2.24, 2.45) is 13.0 Å². The summed E-state index contributed by atoms with van der Waals surface area (Å²) in [4.78, 5) is 49.3. The number of rotatable bonds is 6. The maximum absolute atomic E-state index is 12.5. The number of hydrogen-bond acceptors (Lipinski definition) is 7. The van der Waals surface area contributed by atoms with Gasteiger partial charge in [0.05, 0.1) is 0 Å². The summed E-state index contributed by atoms with van der Waals surface area (Å²) in [7, 11) is 1.26. The van der Waals surface area contributed by atoms with Crippen molar-refractivity contribution in [3.05, 3.63) is 26.4 Å². The summed E-state index contributed by atoms with van der Waals surface area (Å²) in [5.74, 6) is -1.86. The number of esters is 1. The predicted octanol–water partition coefficient (Wildman–Crippen LogP) is 0.206. The molecule has 1 saturated carbocycles. The molecular formula is C18H27N3O6. The molecule has 1 aromatic heterocycles. The zero-order valence-corrected chi connectivity index (χ0v) is 16.0. The van der Waals surface area contributed by atoms with Crippen molar-refractivity contribution in [3.8, 4) is 0 Å². The number of anilines is 1. The number of hydrogen-bond donors (Lipinski definition) is 2. The van der Waals surface area contributed by atoms with Gasteiger partial charge in [-0.15, -0.1) is 0 Å². The summed E-state index contributed by atoms with van der Waals surface area (Å²) in [6, 6.07) is 0. The van der Waals surface area contributed by atoms with Crippen LogP contribution in [0.2, 0.25) is 0 Å². The monoisotopic (exact) mass is 381 g/mol. The van der Waals surface area contributed by atoms with E-state index in [1.165, 1.54) is 7.05 Å². The number of carbonyl (C=O) groups is 2. The number of nitrogen functional groups attached to an aromatic ring is 1. The normalized spacial score (nSPS) is 16.3. The third-order valence-electron chi connectivity index (χ3n) is 4.80. The number of ether oxygens (including phenoxy) is 1. The Morgan fingerprint density at radius 1 is 1.22 bits per heavy atom. The Morgan fingerprint density at radius 3 is 2.37 bits per heavy atom. The molecule has 0 saturated heterocycles. The van der Waals surface area contributed by atoms with Crippen molar-refractivity contribution in [2.75, 3.05) is 12.3 Å². The van der Waals surface area contributed by atoms with E-state index in [1.807, 2.05) is 13.8 Å². The van der Waals surface area contributed by atoms with Gasteiger partial charge in [0.1, 0.15) is 11.4 Å². The highest BCUT2D eigenvalue weighted by Crippen LogP contribution is 2.29. The Hall–Kier alpha value is -2.42. The molecule has 9 nitrogen and oxygen atoms in total. The lowest BCUT2D eigenvalue weighted by Gasteiger charge is -2.29. The van der Waals surface area contributed by atoms with Crippen molar-refractivity contribution < 1.29 is 19.4 Å². The molecule has 0 unspecified atom stereocenters. The fourth-order valence-electron chi connectivity index (χ4n) is 3.27. The van der Waals surface area contributed by atoms with Gasteiger partial charge in [-0.3, -0.25) is 18.7 Å². The smallest absolute Gasteiger partial charge is 0.338 e. The minimum absolute atomic E-state index is 0.0591. The molecule has 2 rings (SSSR count). The fraction of sp³-hybridized carbons (Fsp3) is 0.667. The van der Waals surface area contributed by atoms with Gasteiger partial charge in [0.15, 0.2) is 12.2 Å². The standard InChI is InChI=1S/C18H27N3O6/c1-11(2)9-21-14(19)13(15(23)20(3)17(21)25)12(22)10-27-16(24)18(26)7-5-4-6-8-18/h11,26H,4-10,19H2,1-3H3. The van der Waals surface area contributed by atoms with Gasteiger partial charge in [0.25, 0.3) is 5.56 Å². The van der Waals surface area contributed by atoms with E-state index in [0.717, 1.165) is 15.6 Å². The highest BCUT2D eigenvalue weighted by atomic mass is 16.6. The molecule has 150 valence electrons. The first-order valence-electron chi connectivity index (χ1n) is 9.10. The van der Waals surface area contributed by atoms with Gasteiger partial charge in [-0.2, -0.15) is 0 Å². The summed E-state index contributed by atoms with van der Waals surface area (Å²) in [6.45, 7) is 3.25. The Kier molecular flexibility index (Phi) is 6.25. The SMILES string of the molecule is CC(C)Cn1c(N)c(C(=O)COC(=O)C2(O)CCCCC2)c(=O)n(C)c1=O. The Labute approximate surface area is 156 Å². The van der Waals surface area contributed by atoms with Gasteiger partial charge in [0, 0.05) is 13.6 Å². The van der Waals surface area contributed by atoms with Crippen LogP contribution in [-0.2, 0) is 23.1 Å². The molecule has 0 radical (unpaired) electrons. The number of ketones is 1. The molecule has 0 aromatic carbocycles. The highest BCUT2D eigenvalue weighted by molar-refractivity contribution is 6.01. The average Bonchev–Trinajstić information content (AvgIpc) is 2.62. The van der Waals surface area contributed by atoms with Crippen LogP contribution in [0.5, 0.6) is 0 Å². The van der Waals surface area contributed by atoms with Crippen molar-refractivity contribution in [1.82, 2.24) is 9.13 Å². The molecule has 1 aromatic rings. The molecule has 0 amide bonds. The second-order valence-corrected chi connectivity index (χ2v) is 7.50. The van der Waals surface area contributed by atoms with Crippen LogP contribution in [0.25, 0.3) is 0 Å². The van der Waals surface area contributed by atoms with Gasteiger partial charge in [-0.1, -0.05) is 20.3 Å². The van der Waals surface area contributed by atoms with E-state index in [9.17, 15) is 24.3 Å². The van der Waals surface area contributed by atoms with Crippen molar-refractivity contribution in [2.45, 2.75) is 58.1 Å². The van der Waals surface area contributed by atoms with Crippen LogP contribution in [0.4, 0.5) is 5.82 Å². The maximum Gasteiger partial charge on any atom is 0.338 e. The largest absolute Gasteiger partial charge is 0.455 e. The zero-order chi connectivity index (χ0) is 20.4. The Bertz CT molecular complexity index is 846. The molecule has 1 fully saturated rings. The molecule has 27 heavy (non-hydrogen) atoms. The Balaban J connectivity index is 2.26. The molecule has 0 spiro atoms. The molecule has 0 bridgehead atoms. The molecule has 9 heteroatoms. The van der Waals surface area contributed by atoms with Crippen LogP contribution in [0.1, 0.15) is 56.3 Å². The molecule has 0 aliphatic heterocycles. The summed E-state index contributed by atoms with van der Waals surface area (Å²) < 4.78 is 6.94. The second-order valence-electron chi connectivity index (χ2n) is 7.50. The lowest BCUT2D eigenvalue weighted by molar-refractivity contribution is -0.167. The van der Waals surface area contributed by atoms with Gasteiger partial charge in [-0.25, -0.2) is 9.59 Å². The lowest BCUT2D eigenvalue weighted by atomic mass is 9.85. The zero-order valence-electron chi connectivity index (χ0n) is 16.0. The van der Waals surface area contributed by atoms with E-state index >= 15 is 0 Å². The summed E-state index contributed by atoms with van der Waals surface area (Å²) in [5.41, 5.74) is 2.49. The topological polar surface area (TPSA) is 134 Å². The highest BCUT2D eigenvalue weighted by Gasteiger charge is 2.39. The van der Waals surface area contributed by atoms with E-state index in [1.54, 1.807) is 0 Å². The van der Waals surface area contributed by atoms with Crippen molar-refractivity contribution in [1.29, 1.82) is 0 Å².